The van der Waals surface area contributed by atoms with E-state index in [1.54, 1.807) is 4.90 Å². The molecule has 0 saturated carbocycles. The van der Waals surface area contributed by atoms with Gasteiger partial charge in [0.15, 0.2) is 0 Å². The van der Waals surface area contributed by atoms with Gasteiger partial charge in [-0.15, -0.1) is 0 Å². The van der Waals surface area contributed by atoms with Crippen molar-refractivity contribution in [2.24, 2.45) is 5.92 Å². The van der Waals surface area contributed by atoms with Crippen LogP contribution < -0.4 is 0 Å². The van der Waals surface area contributed by atoms with Crippen molar-refractivity contribution < 1.29 is 24.2 Å². The molecule has 1 aromatic carbocycles. The molecular weight excluding hydrogens is 265 g/mol. The number of benzene rings is 1. The van der Waals surface area contributed by atoms with Crippen LogP contribution in [0.2, 0.25) is 0 Å². The zero-order valence-electron chi connectivity index (χ0n) is 10.8. The van der Waals surface area contributed by atoms with E-state index < -0.39 is 29.7 Å². The van der Waals surface area contributed by atoms with Gasteiger partial charge in [0.2, 0.25) is 0 Å². The molecule has 1 aromatic rings. The van der Waals surface area contributed by atoms with Crippen LogP contribution in [0.5, 0.6) is 0 Å². The summed E-state index contributed by atoms with van der Waals surface area (Å²) in [7, 11) is 0. The van der Waals surface area contributed by atoms with E-state index in [1.807, 2.05) is 0 Å². The Hall–Kier alpha value is -1.95. The number of carboxylic acid groups (broad SMARTS) is 2. The third kappa shape index (κ3) is 3.14. The van der Waals surface area contributed by atoms with Gasteiger partial charge >= 0.3 is 11.9 Å². The van der Waals surface area contributed by atoms with Crippen molar-refractivity contribution in [1.82, 2.24) is 4.90 Å². The van der Waals surface area contributed by atoms with Gasteiger partial charge in [0, 0.05) is 6.54 Å². The van der Waals surface area contributed by atoms with Crippen LogP contribution >= 0.6 is 0 Å². The summed E-state index contributed by atoms with van der Waals surface area (Å²) in [5, 5.41) is 18.4. The van der Waals surface area contributed by atoms with Crippen LogP contribution in [0.15, 0.2) is 24.3 Å². The summed E-state index contributed by atoms with van der Waals surface area (Å²) in [6.07, 6.45) is 1.20. The predicted octanol–water partition coefficient (Wildman–Crippen LogP) is 1.75. The maximum absolute atomic E-state index is 12.9. The molecule has 108 valence electrons. The van der Waals surface area contributed by atoms with Gasteiger partial charge in [-0.1, -0.05) is 12.1 Å². The molecule has 5 nitrogen and oxygen atoms in total. The predicted molar refractivity (Wildman–Crippen MR) is 68.7 cm³/mol. The molecule has 20 heavy (non-hydrogen) atoms. The second kappa shape index (κ2) is 6.00. The Bertz CT molecular complexity index is 502. The fraction of sp³-hybridized carbons (Fsp3) is 0.429. The number of aliphatic carboxylic acids is 2. The SMILES string of the molecule is O=C(O)C1CCCN(C(C(=O)O)c2ccc(F)cc2)C1. The van der Waals surface area contributed by atoms with Crippen LogP contribution in [0.25, 0.3) is 0 Å². The molecule has 2 rings (SSSR count). The number of likely N-dealkylation sites (tertiary alicyclic amines) is 1. The first-order chi connectivity index (χ1) is 9.49. The lowest BCUT2D eigenvalue weighted by Crippen LogP contribution is -2.43. The normalized spacial score (nSPS) is 21.4. The Balaban J connectivity index is 2.22. The Kier molecular flexibility index (Phi) is 4.34. The average Bonchev–Trinajstić information content (AvgIpc) is 2.41. The van der Waals surface area contributed by atoms with Crippen LogP contribution in [0.4, 0.5) is 4.39 Å². The summed E-state index contributed by atoms with van der Waals surface area (Å²) in [5.41, 5.74) is 0.463. The van der Waals surface area contributed by atoms with Gasteiger partial charge in [0.25, 0.3) is 0 Å². The summed E-state index contributed by atoms with van der Waals surface area (Å²) in [5.74, 6) is -2.94. The molecule has 2 unspecified atom stereocenters. The summed E-state index contributed by atoms with van der Waals surface area (Å²) < 4.78 is 12.9. The molecule has 0 radical (unpaired) electrons. The first kappa shape index (κ1) is 14.5. The van der Waals surface area contributed by atoms with E-state index in [2.05, 4.69) is 0 Å². The number of hydrogen-bond acceptors (Lipinski definition) is 3. The summed E-state index contributed by atoms with van der Waals surface area (Å²) in [6.45, 7) is 0.724. The minimum absolute atomic E-state index is 0.198. The molecule has 0 aliphatic carbocycles. The zero-order chi connectivity index (χ0) is 14.7. The largest absolute Gasteiger partial charge is 0.481 e. The monoisotopic (exact) mass is 281 g/mol. The molecule has 1 fully saturated rings. The van der Waals surface area contributed by atoms with E-state index in [0.29, 0.717) is 24.9 Å². The van der Waals surface area contributed by atoms with Crippen molar-refractivity contribution in [2.75, 3.05) is 13.1 Å². The summed E-state index contributed by atoms with van der Waals surface area (Å²) in [6, 6.07) is 4.35. The highest BCUT2D eigenvalue weighted by molar-refractivity contribution is 5.76. The van der Waals surface area contributed by atoms with Crippen LogP contribution in [-0.2, 0) is 9.59 Å². The highest BCUT2D eigenvalue weighted by atomic mass is 19.1. The van der Waals surface area contributed by atoms with Crippen molar-refractivity contribution in [2.45, 2.75) is 18.9 Å². The lowest BCUT2D eigenvalue weighted by atomic mass is 9.95. The fourth-order valence-electron chi connectivity index (χ4n) is 2.60. The standard InChI is InChI=1S/C14H16FNO4/c15-11-5-3-9(4-6-11)12(14(19)20)16-7-1-2-10(8-16)13(17)18/h3-6,10,12H,1-2,7-8H2,(H,17,18)(H,19,20). The maximum Gasteiger partial charge on any atom is 0.325 e. The van der Waals surface area contributed by atoms with E-state index in [-0.39, 0.29) is 6.54 Å². The van der Waals surface area contributed by atoms with Crippen molar-refractivity contribution in [3.05, 3.63) is 35.6 Å². The Morgan fingerprint density at radius 2 is 1.90 bits per heavy atom. The molecule has 1 heterocycles. The Morgan fingerprint density at radius 3 is 2.45 bits per heavy atom. The summed E-state index contributed by atoms with van der Waals surface area (Å²) in [4.78, 5) is 24.2. The van der Waals surface area contributed by atoms with E-state index in [1.165, 1.54) is 24.3 Å². The van der Waals surface area contributed by atoms with Gasteiger partial charge in [-0.25, -0.2) is 4.39 Å². The van der Waals surface area contributed by atoms with Crippen LogP contribution in [-0.4, -0.2) is 40.1 Å². The van der Waals surface area contributed by atoms with E-state index in [0.717, 1.165) is 0 Å². The molecule has 0 spiro atoms. The van der Waals surface area contributed by atoms with Crippen molar-refractivity contribution in [1.29, 1.82) is 0 Å². The third-order valence-electron chi connectivity index (χ3n) is 3.59. The second-order valence-electron chi connectivity index (χ2n) is 4.96. The summed E-state index contributed by atoms with van der Waals surface area (Å²) >= 11 is 0. The number of halogens is 1. The van der Waals surface area contributed by atoms with Crippen molar-refractivity contribution >= 4 is 11.9 Å². The maximum atomic E-state index is 12.9. The lowest BCUT2D eigenvalue weighted by Gasteiger charge is -2.35. The number of nitrogens with zero attached hydrogens (tertiary/aromatic N) is 1. The first-order valence-electron chi connectivity index (χ1n) is 6.44. The van der Waals surface area contributed by atoms with Crippen LogP contribution in [0.1, 0.15) is 24.4 Å². The van der Waals surface area contributed by atoms with Gasteiger partial charge < -0.3 is 10.2 Å². The molecule has 2 N–H and O–H groups in total. The van der Waals surface area contributed by atoms with Gasteiger partial charge in [0.05, 0.1) is 5.92 Å². The van der Waals surface area contributed by atoms with Crippen molar-refractivity contribution in [3.63, 3.8) is 0 Å². The Labute approximate surface area is 115 Å². The molecule has 1 aliphatic heterocycles. The Morgan fingerprint density at radius 1 is 1.25 bits per heavy atom. The van der Waals surface area contributed by atoms with Gasteiger partial charge in [-0.05, 0) is 37.1 Å². The van der Waals surface area contributed by atoms with E-state index in [4.69, 9.17) is 5.11 Å². The van der Waals surface area contributed by atoms with E-state index >= 15 is 0 Å². The molecule has 6 heteroatoms. The quantitative estimate of drug-likeness (QED) is 0.879. The molecule has 1 aliphatic rings. The number of carbonyl (C=O) groups is 2. The number of piperidine rings is 1. The fourth-order valence-corrected chi connectivity index (χ4v) is 2.60. The highest BCUT2D eigenvalue weighted by Gasteiger charge is 2.33. The molecule has 0 bridgehead atoms. The molecule has 0 amide bonds. The molecule has 1 saturated heterocycles. The first-order valence-corrected chi connectivity index (χ1v) is 6.44. The third-order valence-corrected chi connectivity index (χ3v) is 3.59. The molecular formula is C14H16FNO4. The minimum Gasteiger partial charge on any atom is -0.481 e. The number of hydrogen-bond donors (Lipinski definition) is 2. The number of carboxylic acids is 2. The molecule has 2 atom stereocenters. The average molecular weight is 281 g/mol. The molecule has 0 aromatic heterocycles. The highest BCUT2D eigenvalue weighted by Crippen LogP contribution is 2.27. The lowest BCUT2D eigenvalue weighted by molar-refractivity contribution is -0.149. The van der Waals surface area contributed by atoms with Gasteiger partial charge in [-0.3, -0.25) is 14.5 Å². The van der Waals surface area contributed by atoms with Crippen molar-refractivity contribution in [3.8, 4) is 0 Å². The number of rotatable bonds is 4. The minimum atomic E-state index is -1.05. The van der Waals surface area contributed by atoms with E-state index in [9.17, 15) is 19.1 Å². The van der Waals surface area contributed by atoms with Crippen LogP contribution in [0.3, 0.4) is 0 Å². The second-order valence-corrected chi connectivity index (χ2v) is 4.96. The zero-order valence-corrected chi connectivity index (χ0v) is 10.8. The van der Waals surface area contributed by atoms with Gasteiger partial charge in [0.1, 0.15) is 11.9 Å². The smallest absolute Gasteiger partial charge is 0.325 e. The van der Waals surface area contributed by atoms with Crippen LogP contribution in [0, 0.1) is 11.7 Å². The topological polar surface area (TPSA) is 77.8 Å². The van der Waals surface area contributed by atoms with Gasteiger partial charge in [-0.2, -0.15) is 0 Å².